The van der Waals surface area contributed by atoms with Gasteiger partial charge in [-0.25, -0.2) is 0 Å². The van der Waals surface area contributed by atoms with Gasteiger partial charge in [0.2, 0.25) is 0 Å². The highest BCUT2D eigenvalue weighted by molar-refractivity contribution is 5.92. The Hall–Kier alpha value is -2.38. The molecular weight excluding hydrogens is 277 g/mol. The van der Waals surface area contributed by atoms with Crippen molar-refractivity contribution in [2.45, 2.75) is 13.1 Å². The summed E-state index contributed by atoms with van der Waals surface area (Å²) in [6, 6.07) is 5.64. The first kappa shape index (κ1) is 15.7. The van der Waals surface area contributed by atoms with Crippen LogP contribution in [0.25, 0.3) is 0 Å². The summed E-state index contributed by atoms with van der Waals surface area (Å²) in [6.07, 6.45) is -4.01. The Bertz CT molecular complexity index is 539. The van der Waals surface area contributed by atoms with Crippen molar-refractivity contribution < 1.29 is 27.8 Å². The summed E-state index contributed by atoms with van der Waals surface area (Å²) in [7, 11) is 0. The van der Waals surface area contributed by atoms with Gasteiger partial charge in [-0.15, -0.1) is 10.2 Å². The third-order valence-electron chi connectivity index (χ3n) is 2.01. The summed E-state index contributed by atoms with van der Waals surface area (Å²) in [6.45, 7) is -0.304. The molecule has 1 rings (SSSR count). The van der Waals surface area contributed by atoms with Gasteiger partial charge >= 0.3 is 6.18 Å². The van der Waals surface area contributed by atoms with Gasteiger partial charge in [-0.1, -0.05) is 12.1 Å². The highest BCUT2D eigenvalue weighted by Gasteiger charge is 2.28. The molecule has 0 spiro atoms. The SMILES string of the molecule is CC(=O)C(=CO)N=Nc1ccccc1OCC(F)(F)F. The number of para-hydroxylation sites is 1. The highest BCUT2D eigenvalue weighted by atomic mass is 19.4. The predicted octanol–water partition coefficient (Wildman–Crippen LogP) is 3.70. The van der Waals surface area contributed by atoms with Crippen LogP contribution in [0.4, 0.5) is 18.9 Å². The standard InChI is InChI=1S/C12H11F3N2O3/c1-8(19)10(6-18)17-16-9-4-2-3-5-11(9)20-7-12(13,14)15/h2-6,18H,7H2,1H3. The van der Waals surface area contributed by atoms with E-state index in [0.717, 1.165) is 6.92 Å². The monoisotopic (exact) mass is 288 g/mol. The van der Waals surface area contributed by atoms with E-state index >= 15 is 0 Å². The number of Topliss-reactive ketones (excluding diaryl/α,β-unsaturated/α-hetero) is 1. The van der Waals surface area contributed by atoms with Gasteiger partial charge in [0.25, 0.3) is 0 Å². The zero-order valence-corrected chi connectivity index (χ0v) is 10.4. The maximum absolute atomic E-state index is 12.1. The molecule has 0 heterocycles. The smallest absolute Gasteiger partial charge is 0.422 e. The Morgan fingerprint density at radius 2 is 2.05 bits per heavy atom. The average molecular weight is 288 g/mol. The number of rotatable bonds is 5. The first-order valence-electron chi connectivity index (χ1n) is 5.39. The maximum atomic E-state index is 12.1. The van der Waals surface area contributed by atoms with Gasteiger partial charge < -0.3 is 9.84 Å². The molecule has 0 radical (unpaired) electrons. The number of aliphatic hydroxyl groups excluding tert-OH is 1. The van der Waals surface area contributed by atoms with Crippen LogP contribution in [0.1, 0.15) is 6.92 Å². The van der Waals surface area contributed by atoms with E-state index in [1.165, 1.54) is 24.3 Å². The van der Waals surface area contributed by atoms with Crippen LogP contribution in [0.3, 0.4) is 0 Å². The lowest BCUT2D eigenvalue weighted by Crippen LogP contribution is -2.19. The molecule has 0 bridgehead atoms. The second-order valence-corrected chi connectivity index (χ2v) is 3.64. The number of allylic oxidation sites excluding steroid dienone is 1. The maximum Gasteiger partial charge on any atom is 0.422 e. The first-order chi connectivity index (χ1) is 9.33. The Kier molecular flexibility index (Phi) is 5.24. The zero-order valence-electron chi connectivity index (χ0n) is 10.4. The first-order valence-corrected chi connectivity index (χ1v) is 5.39. The number of hydrogen-bond donors (Lipinski definition) is 1. The molecule has 8 heteroatoms. The van der Waals surface area contributed by atoms with Gasteiger partial charge in [0.1, 0.15) is 17.7 Å². The third kappa shape index (κ3) is 5.09. The van der Waals surface area contributed by atoms with Gasteiger partial charge in [-0.2, -0.15) is 13.2 Å². The molecule has 0 unspecified atom stereocenters. The largest absolute Gasteiger partial charge is 0.513 e. The van der Waals surface area contributed by atoms with Crippen molar-refractivity contribution in [3.63, 3.8) is 0 Å². The molecule has 1 aromatic carbocycles. The van der Waals surface area contributed by atoms with Gasteiger partial charge in [-0.3, -0.25) is 4.79 Å². The van der Waals surface area contributed by atoms with Gasteiger partial charge in [0.15, 0.2) is 18.1 Å². The lowest BCUT2D eigenvalue weighted by molar-refractivity contribution is -0.153. The van der Waals surface area contributed by atoms with E-state index in [-0.39, 0.29) is 17.1 Å². The average Bonchev–Trinajstić information content (AvgIpc) is 2.37. The van der Waals surface area contributed by atoms with Crippen molar-refractivity contribution in [1.82, 2.24) is 0 Å². The number of benzene rings is 1. The van der Waals surface area contributed by atoms with E-state index in [9.17, 15) is 18.0 Å². The summed E-state index contributed by atoms with van der Waals surface area (Å²) >= 11 is 0. The molecular formula is C12H11F3N2O3. The van der Waals surface area contributed by atoms with Crippen molar-refractivity contribution in [1.29, 1.82) is 0 Å². The molecule has 0 aliphatic heterocycles. The number of aliphatic hydroxyl groups is 1. The van der Waals surface area contributed by atoms with Crippen LogP contribution in [0, 0.1) is 0 Å². The number of azo groups is 1. The molecule has 1 aromatic rings. The Labute approximate surface area is 112 Å². The quantitative estimate of drug-likeness (QED) is 0.510. The molecule has 0 aliphatic carbocycles. The topological polar surface area (TPSA) is 71.2 Å². The van der Waals surface area contributed by atoms with Crippen molar-refractivity contribution in [3.05, 3.63) is 36.2 Å². The van der Waals surface area contributed by atoms with Gasteiger partial charge in [0, 0.05) is 6.92 Å². The molecule has 5 nitrogen and oxygen atoms in total. The third-order valence-corrected chi connectivity index (χ3v) is 2.01. The predicted molar refractivity (Wildman–Crippen MR) is 63.9 cm³/mol. The van der Waals surface area contributed by atoms with Crippen LogP contribution in [0.15, 0.2) is 46.5 Å². The molecule has 0 aliphatic rings. The van der Waals surface area contributed by atoms with Crippen LogP contribution in [-0.2, 0) is 4.79 Å². The molecule has 0 saturated heterocycles. The van der Waals surface area contributed by atoms with E-state index in [1.54, 1.807) is 0 Å². The van der Waals surface area contributed by atoms with E-state index in [1.807, 2.05) is 0 Å². The van der Waals surface area contributed by atoms with Crippen LogP contribution in [0.2, 0.25) is 0 Å². The van der Waals surface area contributed by atoms with Gasteiger partial charge in [-0.05, 0) is 12.1 Å². The number of halogens is 3. The molecule has 0 aromatic heterocycles. The number of ether oxygens (including phenoxy) is 1. The highest BCUT2D eigenvalue weighted by Crippen LogP contribution is 2.29. The summed E-state index contributed by atoms with van der Waals surface area (Å²) in [5.41, 5.74) is -0.312. The Morgan fingerprint density at radius 1 is 1.40 bits per heavy atom. The zero-order chi connectivity index (χ0) is 15.2. The van der Waals surface area contributed by atoms with E-state index < -0.39 is 18.6 Å². The fourth-order valence-corrected chi connectivity index (χ4v) is 1.12. The molecule has 108 valence electrons. The fraction of sp³-hybridized carbons (Fsp3) is 0.250. The number of alkyl halides is 3. The summed E-state index contributed by atoms with van der Waals surface area (Å²) in [4.78, 5) is 11.0. The number of hydrogen-bond acceptors (Lipinski definition) is 5. The van der Waals surface area contributed by atoms with Gasteiger partial charge in [0.05, 0.1) is 0 Å². The minimum atomic E-state index is -4.47. The molecule has 0 amide bonds. The number of carbonyl (C=O) groups excluding carboxylic acids is 1. The van der Waals surface area contributed by atoms with Crippen LogP contribution >= 0.6 is 0 Å². The van der Waals surface area contributed by atoms with E-state index in [4.69, 9.17) is 5.11 Å². The number of carbonyl (C=O) groups is 1. The van der Waals surface area contributed by atoms with Crippen LogP contribution in [-0.4, -0.2) is 23.7 Å². The number of ketones is 1. The molecule has 0 atom stereocenters. The van der Waals surface area contributed by atoms with E-state index in [0.29, 0.717) is 6.26 Å². The molecule has 1 N–H and O–H groups in total. The molecule has 0 saturated carbocycles. The Balaban J connectivity index is 2.91. The summed E-state index contributed by atoms with van der Waals surface area (Å²) in [5.74, 6) is -0.667. The lowest BCUT2D eigenvalue weighted by atomic mass is 10.3. The van der Waals surface area contributed by atoms with Crippen molar-refractivity contribution in [3.8, 4) is 5.75 Å². The van der Waals surface area contributed by atoms with Crippen molar-refractivity contribution in [2.75, 3.05) is 6.61 Å². The Morgan fingerprint density at radius 3 is 2.60 bits per heavy atom. The van der Waals surface area contributed by atoms with Crippen LogP contribution in [0.5, 0.6) is 5.75 Å². The summed E-state index contributed by atoms with van der Waals surface area (Å²) in [5, 5.41) is 15.8. The summed E-state index contributed by atoms with van der Waals surface area (Å²) < 4.78 is 40.8. The van der Waals surface area contributed by atoms with E-state index in [2.05, 4.69) is 15.0 Å². The fourth-order valence-electron chi connectivity index (χ4n) is 1.12. The second kappa shape index (κ2) is 6.69. The van der Waals surface area contributed by atoms with Crippen molar-refractivity contribution >= 4 is 11.5 Å². The van der Waals surface area contributed by atoms with Crippen molar-refractivity contribution in [2.24, 2.45) is 10.2 Å². The minimum Gasteiger partial charge on any atom is -0.513 e. The normalized spacial score (nSPS) is 12.7. The number of nitrogens with zero attached hydrogens (tertiary/aromatic N) is 2. The molecule has 20 heavy (non-hydrogen) atoms. The molecule has 0 fully saturated rings. The second-order valence-electron chi connectivity index (χ2n) is 3.64. The lowest BCUT2D eigenvalue weighted by Gasteiger charge is -2.10. The minimum absolute atomic E-state index is 0.0114. The van der Waals surface area contributed by atoms with Crippen LogP contribution < -0.4 is 4.74 Å².